The molecule has 1 aromatic heterocycles. The number of nitro groups is 1. The van der Waals surface area contributed by atoms with Crippen LogP contribution < -0.4 is 10.2 Å². The molecule has 12 heteroatoms. The van der Waals surface area contributed by atoms with Gasteiger partial charge in [0.2, 0.25) is 0 Å². The van der Waals surface area contributed by atoms with E-state index in [0.717, 1.165) is 54.7 Å². The van der Waals surface area contributed by atoms with Crippen LogP contribution >= 0.6 is 11.5 Å². The maximum atomic E-state index is 13.8. The summed E-state index contributed by atoms with van der Waals surface area (Å²) in [6.07, 6.45) is 0. The number of non-ortho nitro benzene ring substituents is 1. The Bertz CT molecular complexity index is 1760. The minimum Gasteiger partial charge on any atom is -0.461 e. The second-order valence-electron chi connectivity index (χ2n) is 11.9. The average Bonchev–Trinajstić information content (AvgIpc) is 3.46. The zero-order chi connectivity index (χ0) is 32.9. The molecular formula is C35H37FN6O4S. The highest BCUT2D eigenvalue weighted by molar-refractivity contribution is 7.10. The van der Waals surface area contributed by atoms with Gasteiger partial charge in [0, 0.05) is 80.8 Å². The number of nitrogens with zero attached hydrogens (tertiary/aromatic N) is 5. The quantitative estimate of drug-likeness (QED) is 0.118. The Morgan fingerprint density at radius 1 is 1.09 bits per heavy atom. The highest BCUT2D eigenvalue weighted by Gasteiger charge is 2.38. The topological polar surface area (TPSA) is 104 Å². The molecule has 1 saturated heterocycles. The molecule has 3 heterocycles. The Morgan fingerprint density at radius 3 is 2.55 bits per heavy atom. The van der Waals surface area contributed by atoms with Crippen LogP contribution in [0.2, 0.25) is 0 Å². The summed E-state index contributed by atoms with van der Waals surface area (Å²) in [6.45, 7) is 6.96. The van der Waals surface area contributed by atoms with Gasteiger partial charge in [0.25, 0.3) is 5.69 Å². The summed E-state index contributed by atoms with van der Waals surface area (Å²) in [6, 6.07) is 23.1. The van der Waals surface area contributed by atoms with E-state index in [2.05, 4.69) is 32.1 Å². The number of esters is 1. The molecule has 0 bridgehead atoms. The monoisotopic (exact) mass is 656 g/mol. The number of ether oxygens (including phenoxy) is 1. The van der Waals surface area contributed by atoms with Gasteiger partial charge in [-0.05, 0) is 60.9 Å². The van der Waals surface area contributed by atoms with Crippen molar-refractivity contribution in [2.24, 2.45) is 0 Å². The van der Waals surface area contributed by atoms with E-state index >= 15 is 0 Å². The number of fused-ring (bicyclic) bond motifs is 1. The first-order chi connectivity index (χ1) is 22.8. The first-order valence-electron chi connectivity index (χ1n) is 15.6. The zero-order valence-electron chi connectivity index (χ0n) is 26.4. The summed E-state index contributed by atoms with van der Waals surface area (Å²) in [7, 11) is 1.98. The Balaban J connectivity index is 1.21. The van der Waals surface area contributed by atoms with Crippen LogP contribution in [-0.2, 0) is 22.6 Å². The first kappa shape index (κ1) is 32.3. The fourth-order valence-electron chi connectivity index (χ4n) is 6.23. The number of carbonyl (C=O) groups excluding carboxylic acids is 1. The van der Waals surface area contributed by atoms with Crippen LogP contribution in [0.1, 0.15) is 35.2 Å². The third-order valence-corrected chi connectivity index (χ3v) is 9.47. The van der Waals surface area contributed by atoms with E-state index in [-0.39, 0.29) is 18.1 Å². The molecule has 0 spiro atoms. The van der Waals surface area contributed by atoms with Gasteiger partial charge < -0.3 is 15.0 Å². The van der Waals surface area contributed by atoms with Crippen LogP contribution in [0.3, 0.4) is 0 Å². The number of rotatable bonds is 11. The number of anilines is 2. The number of aromatic nitrogens is 1. The lowest BCUT2D eigenvalue weighted by molar-refractivity contribution is -0.384. The second-order valence-corrected chi connectivity index (χ2v) is 12.7. The summed E-state index contributed by atoms with van der Waals surface area (Å²) in [5.74, 6) is -1.30. The molecule has 1 N–H and O–H groups in total. The summed E-state index contributed by atoms with van der Waals surface area (Å²) < 4.78 is 24.1. The van der Waals surface area contributed by atoms with Gasteiger partial charge in [-0.3, -0.25) is 19.9 Å². The molecule has 2 aliphatic rings. The number of carbonyl (C=O) groups is 1. The van der Waals surface area contributed by atoms with Crippen molar-refractivity contribution in [1.82, 2.24) is 14.2 Å². The van der Waals surface area contributed by atoms with Crippen molar-refractivity contribution in [3.8, 4) is 0 Å². The van der Waals surface area contributed by atoms with Crippen molar-refractivity contribution in [1.29, 1.82) is 0 Å². The number of likely N-dealkylation sites (N-methyl/N-ethyl adjacent to an activating group) is 1. The maximum absolute atomic E-state index is 13.8. The Labute approximate surface area is 277 Å². The van der Waals surface area contributed by atoms with Crippen LogP contribution in [-0.4, -0.2) is 71.4 Å². The van der Waals surface area contributed by atoms with Crippen LogP contribution in [0.5, 0.6) is 0 Å². The molecule has 0 amide bonds. The van der Waals surface area contributed by atoms with Crippen LogP contribution in [0.25, 0.3) is 0 Å². The maximum Gasteiger partial charge on any atom is 0.336 e. The van der Waals surface area contributed by atoms with Crippen molar-refractivity contribution in [3.63, 3.8) is 0 Å². The molecule has 4 aromatic rings. The Kier molecular flexibility index (Phi) is 9.90. The molecule has 47 heavy (non-hydrogen) atoms. The van der Waals surface area contributed by atoms with Crippen molar-refractivity contribution < 1.29 is 18.8 Å². The summed E-state index contributed by atoms with van der Waals surface area (Å²) in [4.78, 5) is 31.8. The molecule has 1 atom stereocenters. The van der Waals surface area contributed by atoms with Gasteiger partial charge >= 0.3 is 5.97 Å². The van der Waals surface area contributed by atoms with E-state index in [1.54, 1.807) is 18.2 Å². The number of hydrogen-bond acceptors (Lipinski definition) is 10. The summed E-state index contributed by atoms with van der Waals surface area (Å²) in [5.41, 5.74) is 5.48. The number of nitro benzene ring substituents is 1. The Morgan fingerprint density at radius 2 is 1.83 bits per heavy atom. The largest absolute Gasteiger partial charge is 0.461 e. The van der Waals surface area contributed by atoms with Gasteiger partial charge in [-0.25, -0.2) is 9.18 Å². The third kappa shape index (κ3) is 7.51. The summed E-state index contributed by atoms with van der Waals surface area (Å²) in [5, 5.41) is 16.0. The number of allylic oxidation sites excluding steroid dienone is 1. The van der Waals surface area contributed by atoms with Gasteiger partial charge in [-0.1, -0.05) is 42.5 Å². The fourth-order valence-corrected chi connectivity index (χ4v) is 7.12. The summed E-state index contributed by atoms with van der Waals surface area (Å²) >= 11 is 1.33. The van der Waals surface area contributed by atoms with E-state index in [9.17, 15) is 19.3 Å². The van der Waals surface area contributed by atoms with Crippen LogP contribution in [0.4, 0.5) is 20.8 Å². The highest BCUT2D eigenvalue weighted by Crippen LogP contribution is 2.46. The fraction of sp³-hybridized carbons (Fsp3) is 0.314. The van der Waals surface area contributed by atoms with Gasteiger partial charge in [-0.15, -0.1) is 0 Å². The zero-order valence-corrected chi connectivity index (χ0v) is 27.2. The number of halogens is 1. The molecule has 1 unspecified atom stereocenters. The lowest BCUT2D eigenvalue weighted by Crippen LogP contribution is -2.46. The second kappa shape index (κ2) is 14.4. The molecular weight excluding hydrogens is 619 g/mol. The van der Waals surface area contributed by atoms with E-state index in [1.165, 1.54) is 41.4 Å². The number of hydrogen-bond donors (Lipinski definition) is 1. The van der Waals surface area contributed by atoms with Gasteiger partial charge in [0.05, 0.1) is 16.2 Å². The normalized spacial score (nSPS) is 16.6. The van der Waals surface area contributed by atoms with Gasteiger partial charge in [0.1, 0.15) is 17.4 Å². The predicted molar refractivity (Wildman–Crippen MR) is 181 cm³/mol. The first-order valence-corrected chi connectivity index (χ1v) is 16.4. The van der Waals surface area contributed by atoms with Crippen molar-refractivity contribution in [2.45, 2.75) is 25.9 Å². The Hall–Kier alpha value is -4.65. The van der Waals surface area contributed by atoms with Crippen molar-refractivity contribution >= 4 is 33.9 Å². The number of piperazine rings is 1. The predicted octanol–water partition coefficient (Wildman–Crippen LogP) is 6.02. The molecule has 1 fully saturated rings. The van der Waals surface area contributed by atoms with Gasteiger partial charge in [0.15, 0.2) is 0 Å². The smallest absolute Gasteiger partial charge is 0.336 e. The molecule has 2 aliphatic heterocycles. The molecule has 0 saturated carbocycles. The molecule has 244 valence electrons. The van der Waals surface area contributed by atoms with Gasteiger partial charge in [-0.2, -0.15) is 4.37 Å². The van der Waals surface area contributed by atoms with Crippen molar-refractivity contribution in [3.05, 3.63) is 128 Å². The van der Waals surface area contributed by atoms with Crippen LogP contribution in [0, 0.1) is 15.9 Å². The minimum absolute atomic E-state index is 0.0443. The van der Waals surface area contributed by atoms with E-state index < -0.39 is 16.8 Å². The van der Waals surface area contributed by atoms with E-state index in [4.69, 9.17) is 9.11 Å². The minimum atomic E-state index is -0.588. The standard InChI is InChI=1S/C35H37FN6O4S/c1-24-31(35(43)46-20-19-39(2)22-25-7-4-3-5-8-25)32(26-9-6-10-29(21-26)42(44)45)33-30(38-47-34(33)37-24)23-40-15-17-41(18-16-40)28-13-11-27(36)12-14-28/h3-14,21,32,37H,15-20,22-23H2,1-2H3. The number of benzene rings is 3. The highest BCUT2D eigenvalue weighted by atomic mass is 32.1. The molecule has 3 aromatic carbocycles. The van der Waals surface area contributed by atoms with E-state index in [1.807, 2.05) is 38.2 Å². The SMILES string of the molecule is CC1=C(C(=O)OCCN(C)Cc2ccccc2)C(c2cccc([N+](=O)[O-])c2)c2c(CN3CCN(c4ccc(F)cc4)CC3)nsc2N1. The molecule has 0 radical (unpaired) electrons. The third-order valence-electron chi connectivity index (χ3n) is 8.66. The van der Waals surface area contributed by atoms with Crippen LogP contribution in [0.15, 0.2) is 90.1 Å². The lowest BCUT2D eigenvalue weighted by atomic mass is 9.81. The van der Waals surface area contributed by atoms with Crippen molar-refractivity contribution in [2.75, 3.05) is 56.6 Å². The molecule has 0 aliphatic carbocycles. The number of nitrogens with one attached hydrogen (secondary N) is 1. The molecule has 10 nitrogen and oxygen atoms in total. The van der Waals surface area contributed by atoms with E-state index in [0.29, 0.717) is 29.9 Å². The average molecular weight is 657 g/mol. The molecule has 6 rings (SSSR count). The lowest BCUT2D eigenvalue weighted by Gasteiger charge is -2.36.